The summed E-state index contributed by atoms with van der Waals surface area (Å²) in [7, 11) is 0. The smallest absolute Gasteiger partial charge is 0.320 e. The van der Waals surface area contributed by atoms with Crippen LogP contribution in [-0.2, 0) is 4.79 Å². The van der Waals surface area contributed by atoms with Gasteiger partial charge in [-0.05, 0) is 73.0 Å². The Labute approximate surface area is 196 Å². The predicted octanol–water partition coefficient (Wildman–Crippen LogP) is 3.70. The molecule has 4 atom stereocenters. The average Bonchev–Trinajstić information content (AvgIpc) is 3.33. The van der Waals surface area contributed by atoms with Crippen molar-refractivity contribution in [2.75, 3.05) is 6.54 Å². The molecule has 33 heavy (non-hydrogen) atoms. The summed E-state index contributed by atoms with van der Waals surface area (Å²) >= 11 is 0. The summed E-state index contributed by atoms with van der Waals surface area (Å²) in [6.45, 7) is 0.727. The van der Waals surface area contributed by atoms with Crippen LogP contribution in [0.2, 0.25) is 0 Å². The molecule has 0 radical (unpaired) electrons. The van der Waals surface area contributed by atoms with Crippen LogP contribution in [0.3, 0.4) is 0 Å². The molecule has 0 spiro atoms. The number of piperidine rings is 1. The molecule has 2 aliphatic rings. The minimum absolute atomic E-state index is 0. The normalized spacial score (nSPS) is 24.4. The Morgan fingerprint density at radius 2 is 1.94 bits per heavy atom. The van der Waals surface area contributed by atoms with Crippen molar-refractivity contribution in [3.63, 3.8) is 0 Å². The summed E-state index contributed by atoms with van der Waals surface area (Å²) in [5.74, 6) is 0.622. The van der Waals surface area contributed by atoms with Crippen LogP contribution >= 0.6 is 12.4 Å². The Morgan fingerprint density at radius 1 is 1.09 bits per heavy atom. The number of nitrogens with zero attached hydrogens (tertiary/aromatic N) is 3. The van der Waals surface area contributed by atoms with E-state index < -0.39 is 12.0 Å². The topological polar surface area (TPSA) is 113 Å². The molecule has 0 bridgehead atoms. The number of carboxylic acid groups (broad SMARTS) is 1. The molecule has 174 valence electrons. The molecule has 3 aromatic rings. The van der Waals surface area contributed by atoms with Gasteiger partial charge in [-0.25, -0.2) is 4.39 Å². The first-order valence-corrected chi connectivity index (χ1v) is 10.8. The van der Waals surface area contributed by atoms with E-state index in [1.807, 2.05) is 18.2 Å². The van der Waals surface area contributed by atoms with E-state index in [4.69, 9.17) is 4.74 Å². The number of H-pyrrole nitrogens is 1. The number of aromatic nitrogens is 4. The Morgan fingerprint density at radius 3 is 2.70 bits per heavy atom. The SMILES string of the molecule is Cl.O=C(O)C1CC2CC(Oc3cc(-c4ccccc4F)ccc3-c3nn[nH]n3)CCC2CN1. The number of aliphatic carboxylic acids is 1. The standard InChI is InChI=1S/C23H24FN5O3.ClH/c24-19-4-2-1-3-17(19)13-6-8-18(22-26-28-29-27-22)21(11-13)32-16-7-5-14-12-25-20(23(30)31)10-15(14)9-16;/h1-4,6,8,11,14-16,20,25H,5,7,9-10,12H2,(H,30,31)(H,26,27,28,29);1H. The van der Waals surface area contributed by atoms with Crippen molar-refractivity contribution in [2.24, 2.45) is 11.8 Å². The molecule has 8 nitrogen and oxygen atoms in total. The Bertz CT molecular complexity index is 1110. The summed E-state index contributed by atoms with van der Waals surface area (Å²) in [5.41, 5.74) is 1.87. The Kier molecular flexibility index (Phi) is 6.90. The van der Waals surface area contributed by atoms with Gasteiger partial charge in [-0.15, -0.1) is 22.6 Å². The van der Waals surface area contributed by atoms with Gasteiger partial charge in [0, 0.05) is 5.56 Å². The number of hydrogen-bond acceptors (Lipinski definition) is 6. The summed E-state index contributed by atoms with van der Waals surface area (Å²) in [4.78, 5) is 11.4. The van der Waals surface area contributed by atoms with Gasteiger partial charge in [0.1, 0.15) is 17.6 Å². The number of carbonyl (C=O) groups is 1. The number of carboxylic acids is 1. The van der Waals surface area contributed by atoms with Crippen LogP contribution in [-0.4, -0.2) is 50.4 Å². The Hall–Kier alpha value is -3.04. The molecule has 0 amide bonds. The van der Waals surface area contributed by atoms with E-state index in [9.17, 15) is 14.3 Å². The number of fused-ring (bicyclic) bond motifs is 1. The number of halogens is 2. The third-order valence-corrected chi connectivity index (χ3v) is 6.60. The third-order valence-electron chi connectivity index (χ3n) is 6.60. The van der Waals surface area contributed by atoms with Gasteiger partial charge in [-0.2, -0.15) is 5.21 Å². The van der Waals surface area contributed by atoms with E-state index in [-0.39, 0.29) is 24.3 Å². The highest BCUT2D eigenvalue weighted by Crippen LogP contribution is 2.40. The maximum absolute atomic E-state index is 14.4. The lowest BCUT2D eigenvalue weighted by Gasteiger charge is -2.41. The predicted molar refractivity (Wildman–Crippen MR) is 122 cm³/mol. The van der Waals surface area contributed by atoms with Gasteiger partial charge in [0.15, 0.2) is 0 Å². The molecule has 1 aliphatic heterocycles. The van der Waals surface area contributed by atoms with Crippen LogP contribution in [0.5, 0.6) is 5.75 Å². The van der Waals surface area contributed by atoms with Gasteiger partial charge in [-0.3, -0.25) is 4.79 Å². The van der Waals surface area contributed by atoms with Gasteiger partial charge >= 0.3 is 5.97 Å². The number of rotatable bonds is 5. The Balaban J connectivity index is 0.00000259. The molecular weight excluding hydrogens is 449 g/mol. The van der Waals surface area contributed by atoms with Gasteiger partial charge < -0.3 is 15.2 Å². The molecule has 1 saturated carbocycles. The van der Waals surface area contributed by atoms with Crippen molar-refractivity contribution in [3.05, 3.63) is 48.3 Å². The lowest BCUT2D eigenvalue weighted by Crippen LogP contribution is -2.50. The molecule has 2 fully saturated rings. The van der Waals surface area contributed by atoms with E-state index in [2.05, 4.69) is 25.9 Å². The van der Waals surface area contributed by atoms with Crippen LogP contribution in [0.25, 0.3) is 22.5 Å². The highest BCUT2D eigenvalue weighted by atomic mass is 35.5. The van der Waals surface area contributed by atoms with Crippen molar-refractivity contribution < 1.29 is 19.0 Å². The zero-order chi connectivity index (χ0) is 22.1. The van der Waals surface area contributed by atoms with Gasteiger partial charge in [0.05, 0.1) is 11.7 Å². The number of hydrogen-bond donors (Lipinski definition) is 3. The molecule has 5 rings (SSSR count). The van der Waals surface area contributed by atoms with Crippen molar-refractivity contribution in [2.45, 2.75) is 37.8 Å². The summed E-state index contributed by atoms with van der Waals surface area (Å²) in [6.07, 6.45) is 3.17. The van der Waals surface area contributed by atoms with Crippen LogP contribution in [0.15, 0.2) is 42.5 Å². The van der Waals surface area contributed by atoms with Crippen molar-refractivity contribution in [1.29, 1.82) is 0 Å². The quantitative estimate of drug-likeness (QED) is 0.517. The van der Waals surface area contributed by atoms with Gasteiger partial charge in [0.2, 0.25) is 5.82 Å². The summed E-state index contributed by atoms with van der Waals surface area (Å²) in [5, 5.41) is 26.8. The summed E-state index contributed by atoms with van der Waals surface area (Å²) < 4.78 is 20.8. The second-order valence-electron chi connectivity index (χ2n) is 8.53. The average molecular weight is 474 g/mol. The van der Waals surface area contributed by atoms with Crippen molar-refractivity contribution in [3.8, 4) is 28.3 Å². The van der Waals surface area contributed by atoms with Crippen LogP contribution in [0.1, 0.15) is 25.7 Å². The van der Waals surface area contributed by atoms with Crippen molar-refractivity contribution >= 4 is 18.4 Å². The lowest BCUT2D eigenvalue weighted by molar-refractivity contribution is -0.141. The fraction of sp³-hybridized carbons (Fsp3) is 0.391. The van der Waals surface area contributed by atoms with E-state index in [1.54, 1.807) is 18.2 Å². The first-order chi connectivity index (χ1) is 15.6. The maximum atomic E-state index is 14.4. The van der Waals surface area contributed by atoms with Crippen LogP contribution < -0.4 is 10.1 Å². The summed E-state index contributed by atoms with van der Waals surface area (Å²) in [6, 6.07) is 11.6. The first-order valence-electron chi connectivity index (χ1n) is 10.8. The van der Waals surface area contributed by atoms with E-state index in [0.29, 0.717) is 46.5 Å². The number of benzene rings is 2. The van der Waals surface area contributed by atoms with E-state index in [0.717, 1.165) is 25.8 Å². The molecule has 2 aromatic carbocycles. The number of aromatic amines is 1. The minimum atomic E-state index is -0.802. The second-order valence-corrected chi connectivity index (χ2v) is 8.53. The first kappa shape index (κ1) is 23.1. The van der Waals surface area contributed by atoms with E-state index in [1.165, 1.54) is 6.07 Å². The van der Waals surface area contributed by atoms with Crippen molar-refractivity contribution in [1.82, 2.24) is 25.9 Å². The minimum Gasteiger partial charge on any atom is -0.490 e. The maximum Gasteiger partial charge on any atom is 0.320 e. The molecule has 2 heterocycles. The largest absolute Gasteiger partial charge is 0.490 e. The molecule has 1 aromatic heterocycles. The number of ether oxygens (including phenoxy) is 1. The molecule has 1 saturated heterocycles. The van der Waals surface area contributed by atoms with E-state index >= 15 is 0 Å². The van der Waals surface area contributed by atoms with Crippen LogP contribution in [0, 0.1) is 17.7 Å². The molecule has 10 heteroatoms. The third kappa shape index (κ3) is 4.84. The second kappa shape index (κ2) is 9.84. The fourth-order valence-electron chi connectivity index (χ4n) is 4.94. The highest BCUT2D eigenvalue weighted by molar-refractivity contribution is 5.85. The van der Waals surface area contributed by atoms with Gasteiger partial charge in [0.25, 0.3) is 0 Å². The number of nitrogens with one attached hydrogen (secondary N) is 2. The van der Waals surface area contributed by atoms with Gasteiger partial charge in [-0.1, -0.05) is 24.3 Å². The molecule has 4 unspecified atom stereocenters. The highest BCUT2D eigenvalue weighted by Gasteiger charge is 2.38. The molecule has 1 aliphatic carbocycles. The number of tetrazole rings is 1. The zero-order valence-corrected chi connectivity index (χ0v) is 18.6. The zero-order valence-electron chi connectivity index (χ0n) is 17.8. The molecule has 3 N–H and O–H groups in total. The lowest BCUT2D eigenvalue weighted by atomic mass is 9.72. The molecular formula is C23H25ClFN5O3. The van der Waals surface area contributed by atoms with Crippen LogP contribution in [0.4, 0.5) is 4.39 Å². The monoisotopic (exact) mass is 473 g/mol. The fourth-order valence-corrected chi connectivity index (χ4v) is 4.94.